The molecule has 0 saturated heterocycles. The van der Waals surface area contributed by atoms with Crippen LogP contribution in [-0.2, 0) is 0 Å². The van der Waals surface area contributed by atoms with Crippen molar-refractivity contribution >= 4 is 67.3 Å². The number of nitrogens with zero attached hydrogens (tertiary/aromatic N) is 8. The van der Waals surface area contributed by atoms with Crippen LogP contribution in [-0.4, -0.2) is 35.8 Å². The van der Waals surface area contributed by atoms with Gasteiger partial charge in [-0.2, -0.15) is 5.26 Å². The van der Waals surface area contributed by atoms with Gasteiger partial charge in [-0.05, 0) is 115 Å². The van der Waals surface area contributed by atoms with E-state index < -0.39 is 0 Å². The van der Waals surface area contributed by atoms with Gasteiger partial charge < -0.3 is 9.13 Å². The Bertz CT molecular complexity index is 5060. The van der Waals surface area contributed by atoms with Gasteiger partial charge in [-0.15, -0.1) is 0 Å². The highest BCUT2D eigenvalue weighted by atomic mass is 15.0. The molecule has 6 heterocycles. The summed E-state index contributed by atoms with van der Waals surface area (Å²) < 4.78 is 4.65. The summed E-state index contributed by atoms with van der Waals surface area (Å²) in [5.74, 6) is 0. The second-order valence-corrected chi connectivity index (χ2v) is 22.0. The molecule has 0 unspecified atom stereocenters. The van der Waals surface area contributed by atoms with Gasteiger partial charge >= 0.3 is 0 Å². The Hall–Kier alpha value is -12.2. The predicted octanol–water partition coefficient (Wildman–Crippen LogP) is 20.3. The fourth-order valence-corrected chi connectivity index (χ4v) is 12.9. The molecule has 15 rings (SSSR count). The monoisotopic (exact) mass is 1140 g/mol. The summed E-state index contributed by atoms with van der Waals surface area (Å²) in [7, 11) is 0. The molecule has 0 saturated carbocycles. The zero-order valence-corrected chi connectivity index (χ0v) is 48.6. The van der Waals surface area contributed by atoms with Crippen LogP contribution in [0.4, 0.5) is 0 Å². The highest BCUT2D eigenvalue weighted by Crippen LogP contribution is 2.47. The SMILES string of the molecule is C=N/C=C(\C(=C(/C)n1c2ccc(-c3cccnc3-c3ccccc3)cc2c2cc(-c3cccnc3-c3ccccc3)ccc21)c1ccccc1C#N)n1c2ccc(-c3cccnc3-c3ccccc3)cc2c2cc(-c3cccnc3-c3ccccc3)ccc21. The lowest BCUT2D eigenvalue weighted by Crippen LogP contribution is -2.07. The summed E-state index contributed by atoms with van der Waals surface area (Å²) in [5, 5.41) is 15.3. The van der Waals surface area contributed by atoms with Crippen LogP contribution >= 0.6 is 0 Å². The summed E-state index contributed by atoms with van der Waals surface area (Å²) in [4.78, 5) is 24.6. The van der Waals surface area contributed by atoms with Gasteiger partial charge in [0.25, 0.3) is 0 Å². The van der Waals surface area contributed by atoms with E-state index in [2.05, 4.69) is 228 Å². The van der Waals surface area contributed by atoms with Gasteiger partial charge in [-0.25, -0.2) is 0 Å². The molecule has 0 atom stereocenters. The third kappa shape index (κ3) is 9.57. The highest BCUT2D eigenvalue weighted by molar-refractivity contribution is 6.20. The van der Waals surface area contributed by atoms with Crippen molar-refractivity contribution in [1.29, 1.82) is 5.26 Å². The molecule has 0 aliphatic rings. The summed E-state index contributed by atoms with van der Waals surface area (Å²) in [6, 6.07) is 95.3. The van der Waals surface area contributed by atoms with E-state index in [1.54, 1.807) is 0 Å². The number of benzene rings is 9. The van der Waals surface area contributed by atoms with Crippen molar-refractivity contribution in [1.82, 2.24) is 29.1 Å². The minimum Gasteiger partial charge on any atom is -0.313 e. The van der Waals surface area contributed by atoms with Crippen molar-refractivity contribution in [2.24, 2.45) is 4.99 Å². The molecule has 418 valence electrons. The van der Waals surface area contributed by atoms with Gasteiger partial charge in [0, 0.05) is 108 Å². The summed E-state index contributed by atoms with van der Waals surface area (Å²) in [6.07, 6.45) is 9.28. The molecule has 8 heteroatoms. The van der Waals surface area contributed by atoms with Crippen LogP contribution in [0.15, 0.2) is 303 Å². The summed E-state index contributed by atoms with van der Waals surface area (Å²) in [6.45, 7) is 6.33. The number of fused-ring (bicyclic) bond motifs is 6. The standard InChI is InChI=1S/C81H54N8/c1-53(88-72-39-35-58(64-31-17-43-84-78(64)54-21-7-3-8-22-54)47-68(72)69-48-59(36-40-73(69)88)65-32-18-44-85-79(65)55-23-9-4-10-24-55)77(63-30-16-15-29-62(63)51-82)76(52-83-2)89-74-41-37-60(66-33-19-45-86-80(66)56-25-11-5-12-26-56)49-70(74)71-50-61(38-42-75(71)89)67-34-20-46-87-81(67)57-27-13-6-14-28-57/h3-50,52H,2H2,1H3/b76-52+,77-53+. The van der Waals surface area contributed by atoms with Crippen LogP contribution in [0.25, 0.3) is 150 Å². The third-order valence-electron chi connectivity index (χ3n) is 16.9. The topological polar surface area (TPSA) is 97.6 Å². The van der Waals surface area contributed by atoms with Crippen molar-refractivity contribution in [2.75, 3.05) is 0 Å². The Labute approximate surface area is 515 Å². The number of aromatic nitrogens is 6. The molecule has 0 aliphatic heterocycles. The first kappa shape index (κ1) is 53.5. The van der Waals surface area contributed by atoms with E-state index >= 15 is 0 Å². The van der Waals surface area contributed by atoms with E-state index in [0.29, 0.717) is 5.56 Å². The molecular formula is C81H54N8. The van der Waals surface area contributed by atoms with Crippen molar-refractivity contribution in [3.05, 3.63) is 309 Å². The number of hydrogen-bond acceptors (Lipinski definition) is 6. The predicted molar refractivity (Wildman–Crippen MR) is 367 cm³/mol. The van der Waals surface area contributed by atoms with Gasteiger partial charge in [0.2, 0.25) is 0 Å². The molecule has 89 heavy (non-hydrogen) atoms. The van der Waals surface area contributed by atoms with Gasteiger partial charge in [0.15, 0.2) is 0 Å². The minimum atomic E-state index is 0.512. The highest BCUT2D eigenvalue weighted by Gasteiger charge is 2.27. The molecule has 15 aromatic rings. The largest absolute Gasteiger partial charge is 0.313 e. The molecule has 0 spiro atoms. The molecule has 8 nitrogen and oxygen atoms in total. The smallest absolute Gasteiger partial charge is 0.0998 e. The first-order chi connectivity index (χ1) is 44.0. The van der Waals surface area contributed by atoms with Crippen molar-refractivity contribution in [3.8, 4) is 95.6 Å². The van der Waals surface area contributed by atoms with Gasteiger partial charge in [-0.1, -0.05) is 188 Å². The Kier molecular flexibility index (Phi) is 13.8. The lowest BCUT2D eigenvalue weighted by atomic mass is 9.95. The molecule has 9 aromatic carbocycles. The first-order valence-corrected chi connectivity index (χ1v) is 29.6. The van der Waals surface area contributed by atoms with Gasteiger partial charge in [0.05, 0.1) is 68.4 Å². The minimum absolute atomic E-state index is 0.512. The molecule has 0 N–H and O–H groups in total. The average molecular weight is 1140 g/mol. The van der Waals surface area contributed by atoms with Crippen LogP contribution in [0, 0.1) is 11.3 Å². The maximum Gasteiger partial charge on any atom is 0.0998 e. The van der Waals surface area contributed by atoms with E-state index in [1.807, 2.05) is 104 Å². The Morgan fingerprint density at radius 3 is 1.01 bits per heavy atom. The van der Waals surface area contributed by atoms with E-state index in [0.717, 1.165) is 156 Å². The zero-order chi connectivity index (χ0) is 59.8. The second-order valence-electron chi connectivity index (χ2n) is 22.0. The normalized spacial score (nSPS) is 11.9. The fourth-order valence-electron chi connectivity index (χ4n) is 12.9. The number of allylic oxidation sites excluding steroid dienone is 3. The summed E-state index contributed by atoms with van der Waals surface area (Å²) in [5.41, 5.74) is 23.3. The molecular weight excluding hydrogens is 1080 g/mol. The molecule has 0 bridgehead atoms. The van der Waals surface area contributed by atoms with Crippen LogP contribution in [0.1, 0.15) is 18.1 Å². The maximum absolute atomic E-state index is 11.2. The van der Waals surface area contributed by atoms with Gasteiger partial charge in [0.1, 0.15) is 0 Å². The van der Waals surface area contributed by atoms with Crippen molar-refractivity contribution in [3.63, 3.8) is 0 Å². The zero-order valence-electron chi connectivity index (χ0n) is 48.6. The quantitative estimate of drug-likeness (QED) is 0.0846. The molecule has 0 radical (unpaired) electrons. The van der Waals surface area contributed by atoms with Crippen LogP contribution in [0.5, 0.6) is 0 Å². The maximum atomic E-state index is 11.2. The first-order valence-electron chi connectivity index (χ1n) is 29.6. The third-order valence-corrected chi connectivity index (χ3v) is 16.9. The van der Waals surface area contributed by atoms with Gasteiger partial charge in [-0.3, -0.25) is 24.9 Å². The van der Waals surface area contributed by atoms with Crippen LogP contribution in [0.3, 0.4) is 0 Å². The number of rotatable bonds is 13. The van der Waals surface area contributed by atoms with E-state index in [9.17, 15) is 5.26 Å². The number of hydrogen-bond donors (Lipinski definition) is 0. The Morgan fingerprint density at radius 2 is 0.685 bits per heavy atom. The Morgan fingerprint density at radius 1 is 0.371 bits per heavy atom. The lowest BCUT2D eigenvalue weighted by Gasteiger charge is -2.22. The molecule has 0 amide bonds. The molecule has 6 aromatic heterocycles. The lowest BCUT2D eigenvalue weighted by molar-refractivity contribution is 1.18. The molecule has 0 fully saturated rings. The second kappa shape index (κ2) is 23.0. The summed E-state index contributed by atoms with van der Waals surface area (Å²) >= 11 is 0. The number of aliphatic imine (C=N–C) groups is 1. The Balaban J connectivity index is 1.01. The average Bonchev–Trinajstić information content (AvgIpc) is 1.72. The fraction of sp³-hybridized carbons (Fsp3) is 0.0123. The van der Waals surface area contributed by atoms with E-state index in [4.69, 9.17) is 19.9 Å². The molecule has 0 aliphatic carbocycles. The number of nitriles is 1. The van der Waals surface area contributed by atoms with Crippen LogP contribution in [0.2, 0.25) is 0 Å². The number of pyridine rings is 4. The van der Waals surface area contributed by atoms with Crippen molar-refractivity contribution in [2.45, 2.75) is 6.92 Å². The van der Waals surface area contributed by atoms with Crippen LogP contribution < -0.4 is 0 Å². The van der Waals surface area contributed by atoms with E-state index in [-0.39, 0.29) is 0 Å². The van der Waals surface area contributed by atoms with Crippen molar-refractivity contribution < 1.29 is 0 Å². The van der Waals surface area contributed by atoms with E-state index in [1.165, 1.54) is 0 Å².